The quantitative estimate of drug-likeness (QED) is 0.580. The van der Waals surface area contributed by atoms with Crippen molar-refractivity contribution in [2.75, 3.05) is 23.9 Å². The van der Waals surface area contributed by atoms with Gasteiger partial charge in [0, 0.05) is 13.6 Å². The van der Waals surface area contributed by atoms with E-state index in [4.69, 9.17) is 0 Å². The lowest BCUT2D eigenvalue weighted by molar-refractivity contribution is 0.225. The zero-order valence-electron chi connectivity index (χ0n) is 15.9. The van der Waals surface area contributed by atoms with Gasteiger partial charge in [-0.3, -0.25) is 0 Å². The lowest BCUT2D eigenvalue weighted by Gasteiger charge is -2.23. The first-order valence-corrected chi connectivity index (χ1v) is 9.25. The van der Waals surface area contributed by atoms with E-state index < -0.39 is 6.04 Å². The van der Waals surface area contributed by atoms with Crippen molar-refractivity contribution in [2.24, 2.45) is 0 Å². The first-order valence-electron chi connectivity index (χ1n) is 9.25. The van der Waals surface area contributed by atoms with Crippen LogP contribution in [0.5, 0.6) is 0 Å². The number of aliphatic hydroxyl groups is 1. The highest BCUT2D eigenvalue weighted by atomic mass is 16.3. The number of amides is 2. The number of nitrogens with zero attached hydrogens (tertiary/aromatic N) is 1. The van der Waals surface area contributed by atoms with E-state index in [9.17, 15) is 9.90 Å². The van der Waals surface area contributed by atoms with Gasteiger partial charge in [0.1, 0.15) is 0 Å². The fourth-order valence-electron chi connectivity index (χ4n) is 3.09. The number of aliphatic hydroxyl groups excluding tert-OH is 1. The smallest absolute Gasteiger partial charge is 0.319 e. The van der Waals surface area contributed by atoms with Crippen LogP contribution in [-0.2, 0) is 6.54 Å². The summed E-state index contributed by atoms with van der Waals surface area (Å²) < 4.78 is 0. The van der Waals surface area contributed by atoms with E-state index in [-0.39, 0.29) is 12.6 Å². The largest absolute Gasteiger partial charge is 0.394 e. The lowest BCUT2D eigenvalue weighted by Crippen LogP contribution is -2.34. The molecule has 3 N–H and O–H groups in total. The Morgan fingerprint density at radius 1 is 0.929 bits per heavy atom. The Morgan fingerprint density at radius 2 is 1.54 bits per heavy atom. The van der Waals surface area contributed by atoms with Crippen LogP contribution in [0, 0.1) is 0 Å². The van der Waals surface area contributed by atoms with Crippen molar-refractivity contribution >= 4 is 17.4 Å². The molecule has 0 aliphatic carbocycles. The normalized spacial score (nSPS) is 11.5. The van der Waals surface area contributed by atoms with E-state index in [0.29, 0.717) is 5.69 Å². The molecule has 0 radical (unpaired) electrons. The molecular formula is C23H25N3O2. The van der Waals surface area contributed by atoms with Gasteiger partial charge in [-0.15, -0.1) is 0 Å². The van der Waals surface area contributed by atoms with Crippen molar-refractivity contribution in [3.63, 3.8) is 0 Å². The predicted molar refractivity (Wildman–Crippen MR) is 113 cm³/mol. The molecule has 1 atom stereocenters. The molecule has 3 aromatic rings. The second-order valence-electron chi connectivity index (χ2n) is 6.60. The van der Waals surface area contributed by atoms with Crippen LogP contribution in [0.2, 0.25) is 0 Å². The predicted octanol–water partition coefficient (Wildman–Crippen LogP) is 4.18. The van der Waals surface area contributed by atoms with Crippen LogP contribution >= 0.6 is 0 Å². The summed E-state index contributed by atoms with van der Waals surface area (Å²) in [5.41, 5.74) is 3.67. The van der Waals surface area contributed by atoms with Gasteiger partial charge in [-0.2, -0.15) is 0 Å². The molecule has 144 valence electrons. The van der Waals surface area contributed by atoms with Crippen molar-refractivity contribution < 1.29 is 9.90 Å². The average Bonchev–Trinajstić information content (AvgIpc) is 2.73. The number of nitrogens with one attached hydrogen (secondary N) is 2. The molecule has 28 heavy (non-hydrogen) atoms. The molecule has 0 saturated carbocycles. The summed E-state index contributed by atoms with van der Waals surface area (Å²) in [4.78, 5) is 14.6. The molecular weight excluding hydrogens is 350 g/mol. The van der Waals surface area contributed by atoms with Crippen LogP contribution in [0.1, 0.15) is 17.2 Å². The van der Waals surface area contributed by atoms with Crippen LogP contribution in [0.25, 0.3) is 0 Å². The van der Waals surface area contributed by atoms with E-state index in [1.807, 2.05) is 79.8 Å². The molecule has 0 unspecified atom stereocenters. The van der Waals surface area contributed by atoms with Gasteiger partial charge in [-0.05, 0) is 23.3 Å². The Morgan fingerprint density at radius 3 is 2.21 bits per heavy atom. The van der Waals surface area contributed by atoms with E-state index in [2.05, 4.69) is 27.7 Å². The second kappa shape index (κ2) is 9.58. The highest BCUT2D eigenvalue weighted by molar-refractivity contribution is 5.93. The number of urea groups is 1. The molecule has 3 rings (SSSR count). The van der Waals surface area contributed by atoms with E-state index >= 15 is 0 Å². The van der Waals surface area contributed by atoms with E-state index in [0.717, 1.165) is 17.8 Å². The standard InChI is InChI=1S/C23H25N3O2/c1-26(16-18-10-4-2-5-11-18)22-15-9-8-14-20(22)24-23(28)25-21(17-27)19-12-6-3-7-13-19/h2-15,21,27H,16-17H2,1H3,(H2,24,25,28)/t21-/m1/s1. The Bertz CT molecular complexity index is 885. The Kier molecular flexibility index (Phi) is 6.65. The van der Waals surface area contributed by atoms with Gasteiger partial charge in [0.15, 0.2) is 0 Å². The number of anilines is 2. The summed E-state index contributed by atoms with van der Waals surface area (Å²) in [7, 11) is 1.99. The van der Waals surface area contributed by atoms with Gasteiger partial charge in [-0.1, -0.05) is 72.8 Å². The van der Waals surface area contributed by atoms with Crippen LogP contribution in [-0.4, -0.2) is 24.8 Å². The summed E-state index contributed by atoms with van der Waals surface area (Å²) in [5.74, 6) is 0. The molecule has 2 amide bonds. The van der Waals surface area contributed by atoms with Gasteiger partial charge in [0.05, 0.1) is 24.0 Å². The number of hydrogen-bond donors (Lipinski definition) is 3. The molecule has 0 fully saturated rings. The van der Waals surface area contributed by atoms with Crippen LogP contribution in [0.15, 0.2) is 84.9 Å². The number of carbonyl (C=O) groups is 1. The topological polar surface area (TPSA) is 64.6 Å². The van der Waals surface area contributed by atoms with Crippen molar-refractivity contribution in [3.8, 4) is 0 Å². The molecule has 5 nitrogen and oxygen atoms in total. The highest BCUT2D eigenvalue weighted by Gasteiger charge is 2.15. The monoisotopic (exact) mass is 375 g/mol. The van der Waals surface area contributed by atoms with Crippen molar-refractivity contribution in [1.29, 1.82) is 0 Å². The first kappa shape index (κ1) is 19.5. The van der Waals surface area contributed by atoms with Crippen LogP contribution in [0.3, 0.4) is 0 Å². The fraction of sp³-hybridized carbons (Fsp3) is 0.174. The zero-order chi connectivity index (χ0) is 19.8. The van der Waals surface area contributed by atoms with Crippen molar-refractivity contribution in [1.82, 2.24) is 5.32 Å². The third-order valence-electron chi connectivity index (χ3n) is 4.52. The Hall–Kier alpha value is -3.31. The molecule has 0 aliphatic rings. The summed E-state index contributed by atoms with van der Waals surface area (Å²) in [6.45, 7) is 0.553. The summed E-state index contributed by atoms with van der Waals surface area (Å²) in [5, 5.41) is 15.4. The van der Waals surface area contributed by atoms with Gasteiger partial charge in [0.2, 0.25) is 0 Å². The molecule has 0 heterocycles. The Balaban J connectivity index is 1.69. The summed E-state index contributed by atoms with van der Waals surface area (Å²) >= 11 is 0. The number of hydrogen-bond acceptors (Lipinski definition) is 3. The average molecular weight is 375 g/mol. The molecule has 0 saturated heterocycles. The minimum Gasteiger partial charge on any atom is -0.394 e. The minimum atomic E-state index is -0.463. The zero-order valence-corrected chi connectivity index (χ0v) is 15.9. The molecule has 5 heteroatoms. The molecule has 0 aliphatic heterocycles. The van der Waals surface area contributed by atoms with Gasteiger partial charge < -0.3 is 20.6 Å². The Labute approximate surface area is 165 Å². The number of benzene rings is 3. The SMILES string of the molecule is CN(Cc1ccccc1)c1ccccc1NC(=O)N[C@H](CO)c1ccccc1. The van der Waals surface area contributed by atoms with E-state index in [1.165, 1.54) is 5.56 Å². The van der Waals surface area contributed by atoms with Gasteiger partial charge in [0.25, 0.3) is 0 Å². The highest BCUT2D eigenvalue weighted by Crippen LogP contribution is 2.26. The van der Waals surface area contributed by atoms with Crippen molar-refractivity contribution in [2.45, 2.75) is 12.6 Å². The first-order chi connectivity index (χ1) is 13.7. The van der Waals surface area contributed by atoms with Crippen LogP contribution < -0.4 is 15.5 Å². The van der Waals surface area contributed by atoms with Crippen molar-refractivity contribution in [3.05, 3.63) is 96.1 Å². The molecule has 0 bridgehead atoms. The number of rotatable bonds is 7. The molecule has 3 aromatic carbocycles. The third kappa shape index (κ3) is 5.11. The maximum Gasteiger partial charge on any atom is 0.319 e. The second-order valence-corrected chi connectivity index (χ2v) is 6.60. The molecule has 0 aromatic heterocycles. The minimum absolute atomic E-state index is 0.174. The van der Waals surface area contributed by atoms with Gasteiger partial charge >= 0.3 is 6.03 Å². The molecule has 0 spiro atoms. The van der Waals surface area contributed by atoms with Crippen LogP contribution in [0.4, 0.5) is 16.2 Å². The fourth-order valence-corrected chi connectivity index (χ4v) is 3.09. The maximum atomic E-state index is 12.5. The lowest BCUT2D eigenvalue weighted by atomic mass is 10.1. The number of para-hydroxylation sites is 2. The summed E-state index contributed by atoms with van der Waals surface area (Å²) in [6, 6.07) is 26.4. The van der Waals surface area contributed by atoms with Gasteiger partial charge in [-0.25, -0.2) is 4.79 Å². The summed E-state index contributed by atoms with van der Waals surface area (Å²) in [6.07, 6.45) is 0. The third-order valence-corrected chi connectivity index (χ3v) is 4.52. The van der Waals surface area contributed by atoms with E-state index in [1.54, 1.807) is 0 Å². The maximum absolute atomic E-state index is 12.5. The number of carbonyl (C=O) groups excluding carboxylic acids is 1.